The van der Waals surface area contributed by atoms with Gasteiger partial charge in [0, 0.05) is 10.0 Å². The molecule has 1 heterocycles. The molecule has 1 aromatic heterocycles. The Kier molecular flexibility index (Phi) is 5.20. The molecule has 0 amide bonds. The molecule has 25 heavy (non-hydrogen) atoms. The number of benzene rings is 2. The minimum Gasteiger partial charge on any atom is -0.493 e. The molecule has 0 saturated carbocycles. The molecule has 0 bridgehead atoms. The van der Waals surface area contributed by atoms with Crippen LogP contribution >= 0.6 is 15.9 Å². The number of nitrogens with one attached hydrogen (secondary N) is 1. The van der Waals surface area contributed by atoms with Crippen LogP contribution in [0.15, 0.2) is 40.9 Å². The highest BCUT2D eigenvalue weighted by Crippen LogP contribution is 2.28. The number of imidazole rings is 1. The van der Waals surface area contributed by atoms with Gasteiger partial charge in [-0.3, -0.25) is 0 Å². The Hall–Kier alpha value is -2.58. The van der Waals surface area contributed by atoms with E-state index in [1.54, 1.807) is 6.08 Å². The van der Waals surface area contributed by atoms with Crippen LogP contribution in [0.2, 0.25) is 0 Å². The molecule has 0 spiro atoms. The molecule has 3 rings (SSSR count). The fourth-order valence-corrected chi connectivity index (χ4v) is 2.91. The predicted molar refractivity (Wildman–Crippen MR) is 104 cm³/mol. The van der Waals surface area contributed by atoms with Crippen LogP contribution < -0.4 is 4.74 Å². The van der Waals surface area contributed by atoms with Gasteiger partial charge >= 0.3 is 0 Å². The smallest absolute Gasteiger partial charge is 0.149 e. The van der Waals surface area contributed by atoms with Crippen molar-refractivity contribution >= 4 is 38.6 Å². The summed E-state index contributed by atoms with van der Waals surface area (Å²) in [6.07, 6.45) is 2.73. The lowest BCUT2D eigenvalue weighted by Crippen LogP contribution is -1.97. The molecule has 4 nitrogen and oxygen atoms in total. The fourth-order valence-electron chi connectivity index (χ4n) is 2.54. The minimum absolute atomic E-state index is 0.466. The third-order valence-corrected chi connectivity index (χ3v) is 4.24. The van der Waals surface area contributed by atoms with Gasteiger partial charge in [-0.2, -0.15) is 5.26 Å². The number of aromatic amines is 1. The van der Waals surface area contributed by atoms with Crippen molar-refractivity contribution in [2.45, 2.75) is 20.3 Å². The first-order valence-electron chi connectivity index (χ1n) is 8.11. The maximum Gasteiger partial charge on any atom is 0.149 e. The lowest BCUT2D eigenvalue weighted by atomic mass is 10.1. The lowest BCUT2D eigenvalue weighted by Gasteiger charge is -2.09. The highest BCUT2D eigenvalue weighted by atomic mass is 79.9. The number of ether oxygens (including phenoxy) is 1. The molecular weight excluding hydrogens is 378 g/mol. The molecule has 3 aromatic rings. The summed E-state index contributed by atoms with van der Waals surface area (Å²) >= 11 is 3.48. The Balaban J connectivity index is 2.05. The number of halogens is 1. The van der Waals surface area contributed by atoms with Crippen LogP contribution in [0, 0.1) is 18.3 Å². The van der Waals surface area contributed by atoms with E-state index < -0.39 is 0 Å². The van der Waals surface area contributed by atoms with Crippen LogP contribution in [0.4, 0.5) is 0 Å². The third-order valence-electron chi connectivity index (χ3n) is 3.75. The SMILES string of the molecule is CCCOc1ccc(Br)cc1/C=C(/C#N)c1nc2ccc(C)cc2[nH]1. The maximum atomic E-state index is 9.63. The molecule has 0 aliphatic carbocycles. The molecule has 0 radical (unpaired) electrons. The third kappa shape index (κ3) is 3.92. The highest BCUT2D eigenvalue weighted by molar-refractivity contribution is 9.10. The van der Waals surface area contributed by atoms with Gasteiger partial charge in [-0.1, -0.05) is 28.9 Å². The maximum absolute atomic E-state index is 9.63. The van der Waals surface area contributed by atoms with Crippen molar-refractivity contribution in [2.75, 3.05) is 6.61 Å². The number of hydrogen-bond donors (Lipinski definition) is 1. The summed E-state index contributed by atoms with van der Waals surface area (Å²) in [5.41, 5.74) is 4.23. The lowest BCUT2D eigenvalue weighted by molar-refractivity contribution is 0.317. The highest BCUT2D eigenvalue weighted by Gasteiger charge is 2.10. The number of rotatable bonds is 5. The van der Waals surface area contributed by atoms with E-state index in [-0.39, 0.29) is 0 Å². The van der Waals surface area contributed by atoms with Crippen molar-refractivity contribution in [3.63, 3.8) is 0 Å². The first-order chi connectivity index (χ1) is 12.1. The number of nitriles is 1. The van der Waals surface area contributed by atoms with Gasteiger partial charge < -0.3 is 9.72 Å². The zero-order chi connectivity index (χ0) is 17.8. The van der Waals surface area contributed by atoms with Crippen LogP contribution in [0.1, 0.15) is 30.3 Å². The number of nitrogens with zero attached hydrogens (tertiary/aromatic N) is 2. The standard InChI is InChI=1S/C20H18BrN3O/c1-3-8-25-19-7-5-16(21)11-14(19)10-15(12-22)20-23-17-6-4-13(2)9-18(17)24-20/h4-7,9-11H,3,8H2,1-2H3,(H,23,24)/b15-10-. The molecule has 5 heteroatoms. The monoisotopic (exact) mass is 395 g/mol. The van der Waals surface area contributed by atoms with Crippen molar-refractivity contribution in [2.24, 2.45) is 0 Å². The van der Waals surface area contributed by atoms with Crippen molar-refractivity contribution in [1.82, 2.24) is 9.97 Å². The normalized spacial score (nSPS) is 11.5. The Morgan fingerprint density at radius 1 is 1.32 bits per heavy atom. The van der Waals surface area contributed by atoms with Gasteiger partial charge in [-0.25, -0.2) is 4.98 Å². The van der Waals surface area contributed by atoms with E-state index in [1.165, 1.54) is 0 Å². The van der Waals surface area contributed by atoms with Crippen molar-refractivity contribution in [3.05, 3.63) is 57.8 Å². The van der Waals surface area contributed by atoms with Gasteiger partial charge in [0.2, 0.25) is 0 Å². The fraction of sp³-hybridized carbons (Fsp3) is 0.200. The Morgan fingerprint density at radius 2 is 2.16 bits per heavy atom. The number of hydrogen-bond acceptors (Lipinski definition) is 3. The predicted octanol–water partition coefficient (Wildman–Crippen LogP) is 5.49. The van der Waals surface area contributed by atoms with Crippen LogP contribution in [0.25, 0.3) is 22.7 Å². The Labute approximate surface area is 155 Å². The van der Waals surface area contributed by atoms with Gasteiger partial charge in [-0.15, -0.1) is 0 Å². The van der Waals surface area contributed by atoms with Crippen LogP contribution in [-0.2, 0) is 0 Å². The van der Waals surface area contributed by atoms with Crippen molar-refractivity contribution in [1.29, 1.82) is 5.26 Å². The van der Waals surface area contributed by atoms with E-state index in [9.17, 15) is 5.26 Å². The molecule has 0 aliphatic rings. The van der Waals surface area contributed by atoms with Gasteiger partial charge in [-0.05, 0) is 55.3 Å². The van der Waals surface area contributed by atoms with E-state index in [2.05, 4.69) is 38.9 Å². The second kappa shape index (κ2) is 7.54. The topological polar surface area (TPSA) is 61.7 Å². The summed E-state index contributed by atoms with van der Waals surface area (Å²) in [5, 5.41) is 9.63. The van der Waals surface area contributed by atoms with Gasteiger partial charge in [0.25, 0.3) is 0 Å². The van der Waals surface area contributed by atoms with Crippen LogP contribution in [0.5, 0.6) is 5.75 Å². The van der Waals surface area contributed by atoms with E-state index in [0.29, 0.717) is 18.0 Å². The summed E-state index contributed by atoms with van der Waals surface area (Å²) in [5.74, 6) is 1.31. The number of fused-ring (bicyclic) bond motifs is 1. The Bertz CT molecular complexity index is 982. The quantitative estimate of drug-likeness (QED) is 0.581. The molecular formula is C20H18BrN3O. The average molecular weight is 396 g/mol. The van der Waals surface area contributed by atoms with E-state index in [1.807, 2.05) is 43.3 Å². The first-order valence-corrected chi connectivity index (χ1v) is 8.91. The number of H-pyrrole nitrogens is 1. The zero-order valence-electron chi connectivity index (χ0n) is 14.1. The summed E-state index contributed by atoms with van der Waals surface area (Å²) < 4.78 is 6.72. The minimum atomic E-state index is 0.466. The molecule has 126 valence electrons. The summed E-state index contributed by atoms with van der Waals surface area (Å²) in [4.78, 5) is 7.77. The van der Waals surface area contributed by atoms with Gasteiger partial charge in [0.15, 0.2) is 0 Å². The summed E-state index contributed by atoms with van der Waals surface area (Å²) in [6, 6.07) is 14.0. The Morgan fingerprint density at radius 3 is 2.92 bits per heavy atom. The van der Waals surface area contributed by atoms with Gasteiger partial charge in [0.1, 0.15) is 17.6 Å². The van der Waals surface area contributed by atoms with Crippen LogP contribution in [-0.4, -0.2) is 16.6 Å². The second-order valence-corrected chi connectivity index (χ2v) is 6.72. The summed E-state index contributed by atoms with van der Waals surface area (Å²) in [6.45, 7) is 4.72. The molecule has 1 N–H and O–H groups in total. The molecule has 0 fully saturated rings. The molecule has 0 atom stereocenters. The largest absolute Gasteiger partial charge is 0.493 e. The number of aromatic nitrogens is 2. The van der Waals surface area contributed by atoms with E-state index >= 15 is 0 Å². The van der Waals surface area contributed by atoms with Crippen molar-refractivity contribution in [3.8, 4) is 11.8 Å². The van der Waals surface area contributed by atoms with Gasteiger partial charge in [0.05, 0.1) is 23.2 Å². The second-order valence-electron chi connectivity index (χ2n) is 5.81. The zero-order valence-corrected chi connectivity index (χ0v) is 15.7. The average Bonchev–Trinajstić information content (AvgIpc) is 3.01. The molecule has 0 saturated heterocycles. The summed E-state index contributed by atoms with van der Waals surface area (Å²) in [7, 11) is 0. The molecule has 0 aliphatic heterocycles. The van der Waals surface area contributed by atoms with Crippen LogP contribution in [0.3, 0.4) is 0 Å². The molecule has 2 aromatic carbocycles. The van der Waals surface area contributed by atoms with E-state index in [4.69, 9.17) is 4.74 Å². The first kappa shape index (κ1) is 17.2. The van der Waals surface area contributed by atoms with E-state index in [0.717, 1.165) is 38.8 Å². The number of aryl methyl sites for hydroxylation is 1. The van der Waals surface area contributed by atoms with Crippen molar-refractivity contribution < 1.29 is 4.74 Å². The number of allylic oxidation sites excluding steroid dienone is 1. The molecule has 0 unspecified atom stereocenters.